The maximum Gasteiger partial charge on any atom is 0.229 e. The number of halogens is 1. The highest BCUT2D eigenvalue weighted by molar-refractivity contribution is 6.32. The Kier molecular flexibility index (Phi) is 5.06. The Morgan fingerprint density at radius 3 is 3.00 bits per heavy atom. The number of nitrogens with zero attached hydrogens (tertiary/aromatic N) is 4. The summed E-state index contributed by atoms with van der Waals surface area (Å²) in [4.78, 5) is 16.1. The lowest BCUT2D eigenvalue weighted by molar-refractivity contribution is -0.117. The number of nitrogens with one attached hydrogen (secondary N) is 1. The third kappa shape index (κ3) is 3.60. The maximum absolute atomic E-state index is 12.0. The molecular weight excluding hydrogens is 394 g/mol. The van der Waals surface area contributed by atoms with E-state index in [0.29, 0.717) is 28.0 Å². The molecule has 0 bridgehead atoms. The molecule has 2 heterocycles. The van der Waals surface area contributed by atoms with Gasteiger partial charge in [0.05, 0.1) is 36.2 Å². The van der Waals surface area contributed by atoms with Crippen LogP contribution in [-0.4, -0.2) is 27.8 Å². The van der Waals surface area contributed by atoms with Gasteiger partial charge in [0.15, 0.2) is 11.5 Å². The van der Waals surface area contributed by atoms with Crippen LogP contribution >= 0.6 is 11.6 Å². The lowest BCUT2D eigenvalue weighted by atomic mass is 10.0. The second-order valence-electron chi connectivity index (χ2n) is 6.39. The van der Waals surface area contributed by atoms with Crippen molar-refractivity contribution in [2.75, 3.05) is 12.4 Å². The van der Waals surface area contributed by atoms with E-state index in [4.69, 9.17) is 21.1 Å². The van der Waals surface area contributed by atoms with Gasteiger partial charge in [0.1, 0.15) is 12.9 Å². The summed E-state index contributed by atoms with van der Waals surface area (Å²) in [5.41, 5.74) is 2.03. The Bertz CT molecular complexity index is 1120. The van der Waals surface area contributed by atoms with E-state index in [1.165, 1.54) is 13.4 Å². The number of aromatic nitrogens is 3. The number of rotatable bonds is 5. The van der Waals surface area contributed by atoms with E-state index < -0.39 is 0 Å². The Hall–Kier alpha value is -3.57. The molecule has 0 saturated heterocycles. The molecule has 0 radical (unpaired) electrons. The van der Waals surface area contributed by atoms with Crippen molar-refractivity contribution < 1.29 is 14.3 Å². The largest absolute Gasteiger partial charge is 0.493 e. The third-order valence-electron chi connectivity index (χ3n) is 4.64. The fraction of sp³-hybridized carbons (Fsp3) is 0.200. The van der Waals surface area contributed by atoms with E-state index in [1.807, 2.05) is 12.1 Å². The van der Waals surface area contributed by atoms with Gasteiger partial charge >= 0.3 is 0 Å². The molecule has 146 valence electrons. The van der Waals surface area contributed by atoms with Crippen LogP contribution in [-0.2, 0) is 11.4 Å². The second kappa shape index (κ2) is 7.81. The number of anilines is 1. The minimum absolute atomic E-state index is 0.154. The molecule has 4 rings (SSSR count). The molecule has 1 aromatic heterocycles. The summed E-state index contributed by atoms with van der Waals surface area (Å²) in [6.45, 7) is 0.165. The van der Waals surface area contributed by atoms with Crippen LogP contribution < -0.4 is 14.8 Å². The lowest BCUT2D eigenvalue weighted by Gasteiger charge is -2.25. The average molecular weight is 410 g/mol. The van der Waals surface area contributed by atoms with Gasteiger partial charge in [-0.05, 0) is 23.8 Å². The standard InChI is InChI=1S/C20H16ClN5O3/c1-28-17-7-14(16-8-18(27)25-20-23-11-24-26(16)20)6-15(21)19(17)29-10-13-5-3-2-4-12(13)9-22/h2-7,11,16H,8,10H2,1H3,(H,23,24,25,27)/t16-/m1/s1. The first kappa shape index (κ1) is 18.8. The normalized spacial score (nSPS) is 15.2. The molecule has 8 nitrogen and oxygen atoms in total. The monoisotopic (exact) mass is 409 g/mol. The molecule has 3 aromatic rings. The zero-order valence-corrected chi connectivity index (χ0v) is 16.2. The van der Waals surface area contributed by atoms with Crippen LogP contribution in [0.5, 0.6) is 11.5 Å². The highest BCUT2D eigenvalue weighted by atomic mass is 35.5. The van der Waals surface area contributed by atoms with E-state index in [2.05, 4.69) is 21.5 Å². The number of amides is 1. The molecule has 0 aliphatic carbocycles. The molecule has 1 aliphatic heterocycles. The first-order chi connectivity index (χ1) is 14.1. The van der Waals surface area contributed by atoms with Gasteiger partial charge in [0.25, 0.3) is 0 Å². The van der Waals surface area contributed by atoms with Crippen molar-refractivity contribution in [1.29, 1.82) is 5.26 Å². The highest BCUT2D eigenvalue weighted by Crippen LogP contribution is 2.40. The molecule has 0 fully saturated rings. The van der Waals surface area contributed by atoms with Crippen LogP contribution in [0.15, 0.2) is 42.7 Å². The molecule has 1 aliphatic rings. The van der Waals surface area contributed by atoms with Crippen molar-refractivity contribution in [2.24, 2.45) is 0 Å². The molecule has 1 amide bonds. The van der Waals surface area contributed by atoms with Crippen LogP contribution in [0.2, 0.25) is 5.02 Å². The fourth-order valence-corrected chi connectivity index (χ4v) is 3.52. The molecule has 0 saturated carbocycles. The third-order valence-corrected chi connectivity index (χ3v) is 4.93. The van der Waals surface area contributed by atoms with Gasteiger partial charge in [-0.3, -0.25) is 10.1 Å². The molecule has 2 aromatic carbocycles. The van der Waals surface area contributed by atoms with Crippen LogP contribution in [0.1, 0.15) is 29.2 Å². The summed E-state index contributed by atoms with van der Waals surface area (Å²) in [5.74, 6) is 1.02. The number of fused-ring (bicyclic) bond motifs is 1. The molecule has 0 spiro atoms. The molecular formula is C20H16ClN5O3. The van der Waals surface area contributed by atoms with Gasteiger partial charge < -0.3 is 9.47 Å². The number of carbonyl (C=O) groups is 1. The van der Waals surface area contributed by atoms with Gasteiger partial charge in [0, 0.05) is 5.56 Å². The lowest BCUT2D eigenvalue weighted by Crippen LogP contribution is -2.29. The quantitative estimate of drug-likeness (QED) is 0.693. The highest BCUT2D eigenvalue weighted by Gasteiger charge is 2.29. The number of hydrogen-bond acceptors (Lipinski definition) is 6. The number of benzene rings is 2. The SMILES string of the molecule is COc1cc([C@H]2CC(=O)Nc3ncnn32)cc(Cl)c1OCc1ccccc1C#N. The van der Waals surface area contributed by atoms with Crippen molar-refractivity contribution in [1.82, 2.24) is 14.8 Å². The summed E-state index contributed by atoms with van der Waals surface area (Å²) < 4.78 is 13.0. The van der Waals surface area contributed by atoms with Crippen LogP contribution in [0.25, 0.3) is 0 Å². The zero-order chi connectivity index (χ0) is 20.4. The Balaban J connectivity index is 1.65. The first-order valence-electron chi connectivity index (χ1n) is 8.78. The number of carbonyl (C=O) groups excluding carboxylic acids is 1. The van der Waals surface area contributed by atoms with E-state index in [1.54, 1.807) is 28.9 Å². The Labute approximate surface area is 171 Å². The number of nitriles is 1. The molecule has 9 heteroatoms. The van der Waals surface area contributed by atoms with Crippen LogP contribution in [0.4, 0.5) is 5.95 Å². The average Bonchev–Trinajstić information content (AvgIpc) is 3.20. The van der Waals surface area contributed by atoms with Crippen LogP contribution in [0, 0.1) is 11.3 Å². The predicted molar refractivity (Wildman–Crippen MR) is 105 cm³/mol. The predicted octanol–water partition coefficient (Wildman–Crippen LogP) is 3.32. The molecule has 29 heavy (non-hydrogen) atoms. The number of ether oxygens (including phenoxy) is 2. The van der Waals surface area contributed by atoms with Gasteiger partial charge in [0.2, 0.25) is 11.9 Å². The molecule has 1 atom stereocenters. The minimum Gasteiger partial charge on any atom is -0.493 e. The molecule has 1 N–H and O–H groups in total. The summed E-state index contributed by atoms with van der Waals surface area (Å²) in [7, 11) is 1.51. The Morgan fingerprint density at radius 1 is 1.38 bits per heavy atom. The van der Waals surface area contributed by atoms with Crippen molar-refractivity contribution >= 4 is 23.5 Å². The summed E-state index contributed by atoms with van der Waals surface area (Å²) in [6, 6.07) is 12.5. The van der Waals surface area contributed by atoms with Crippen molar-refractivity contribution in [3.8, 4) is 17.6 Å². The van der Waals surface area contributed by atoms with Crippen molar-refractivity contribution in [3.63, 3.8) is 0 Å². The van der Waals surface area contributed by atoms with Gasteiger partial charge in [-0.15, -0.1) is 0 Å². The van der Waals surface area contributed by atoms with E-state index >= 15 is 0 Å². The number of methoxy groups -OCH3 is 1. The number of hydrogen-bond donors (Lipinski definition) is 1. The first-order valence-corrected chi connectivity index (χ1v) is 9.16. The van der Waals surface area contributed by atoms with Crippen molar-refractivity contribution in [2.45, 2.75) is 19.1 Å². The van der Waals surface area contributed by atoms with E-state index in [9.17, 15) is 10.1 Å². The van der Waals surface area contributed by atoms with Gasteiger partial charge in [-0.25, -0.2) is 4.68 Å². The van der Waals surface area contributed by atoms with E-state index in [-0.39, 0.29) is 25.0 Å². The summed E-state index contributed by atoms with van der Waals surface area (Å²) in [6.07, 6.45) is 1.59. The topological polar surface area (TPSA) is 102 Å². The zero-order valence-electron chi connectivity index (χ0n) is 15.4. The smallest absolute Gasteiger partial charge is 0.229 e. The minimum atomic E-state index is -0.360. The van der Waals surface area contributed by atoms with E-state index in [0.717, 1.165) is 11.1 Å². The summed E-state index contributed by atoms with van der Waals surface area (Å²) in [5, 5.41) is 16.4. The van der Waals surface area contributed by atoms with Crippen LogP contribution in [0.3, 0.4) is 0 Å². The second-order valence-corrected chi connectivity index (χ2v) is 6.80. The maximum atomic E-state index is 12.0. The summed E-state index contributed by atoms with van der Waals surface area (Å²) >= 11 is 6.49. The molecule has 0 unspecified atom stereocenters. The fourth-order valence-electron chi connectivity index (χ4n) is 3.24. The van der Waals surface area contributed by atoms with Gasteiger partial charge in [-0.1, -0.05) is 29.8 Å². The van der Waals surface area contributed by atoms with Gasteiger partial charge in [-0.2, -0.15) is 15.3 Å². The van der Waals surface area contributed by atoms with Crippen molar-refractivity contribution in [3.05, 3.63) is 64.4 Å². The Morgan fingerprint density at radius 2 is 2.21 bits per heavy atom.